The summed E-state index contributed by atoms with van der Waals surface area (Å²) in [6, 6.07) is 15.1. The number of thioether (sulfide) groups is 1. The number of hydrogen-bond donors (Lipinski definition) is 0. The zero-order valence-electron chi connectivity index (χ0n) is 14.6. The molecule has 0 N–H and O–H groups in total. The van der Waals surface area contributed by atoms with Crippen LogP contribution in [0.3, 0.4) is 0 Å². The lowest BCUT2D eigenvalue weighted by atomic mass is 10.0. The maximum absolute atomic E-state index is 13.5. The van der Waals surface area contributed by atoms with Gasteiger partial charge in [-0.05, 0) is 34.7 Å². The Morgan fingerprint density at radius 1 is 1.07 bits per heavy atom. The van der Waals surface area contributed by atoms with Gasteiger partial charge in [0.1, 0.15) is 22.8 Å². The fraction of sp³-hybridized carbons (Fsp3) is 0.190. The number of methoxy groups -OCH3 is 1. The third-order valence-corrected chi connectivity index (χ3v) is 5.88. The predicted molar refractivity (Wildman–Crippen MR) is 103 cm³/mol. The third-order valence-electron chi connectivity index (χ3n) is 4.65. The van der Waals surface area contributed by atoms with E-state index in [1.54, 1.807) is 12.0 Å². The topological polar surface area (TPSA) is 29.5 Å². The van der Waals surface area contributed by atoms with Crippen molar-refractivity contribution in [1.29, 1.82) is 0 Å². The molecule has 0 aliphatic carbocycles. The van der Waals surface area contributed by atoms with Crippen LogP contribution in [-0.2, 0) is 11.3 Å². The number of fused-ring (bicyclic) bond motifs is 1. The van der Waals surface area contributed by atoms with Crippen molar-refractivity contribution in [3.8, 4) is 5.75 Å². The van der Waals surface area contributed by atoms with Crippen molar-refractivity contribution >= 4 is 28.4 Å². The van der Waals surface area contributed by atoms with Crippen LogP contribution in [0.5, 0.6) is 5.75 Å². The Balaban J connectivity index is 1.74. The van der Waals surface area contributed by atoms with Gasteiger partial charge in [0.2, 0.25) is 5.91 Å². The smallest absolute Gasteiger partial charge is 0.234 e. The van der Waals surface area contributed by atoms with Gasteiger partial charge in [0, 0.05) is 18.0 Å². The highest BCUT2D eigenvalue weighted by molar-refractivity contribution is 8.00. The number of hydrogen-bond acceptors (Lipinski definition) is 3. The first kappa shape index (κ1) is 17.8. The van der Waals surface area contributed by atoms with Crippen molar-refractivity contribution in [2.24, 2.45) is 0 Å². The van der Waals surface area contributed by atoms with Gasteiger partial charge < -0.3 is 9.64 Å². The first-order valence-electron chi connectivity index (χ1n) is 8.48. The summed E-state index contributed by atoms with van der Waals surface area (Å²) in [6.45, 7) is 0.158. The predicted octanol–water partition coefficient (Wildman–Crippen LogP) is 4.90. The van der Waals surface area contributed by atoms with E-state index in [1.807, 2.05) is 36.4 Å². The zero-order valence-corrected chi connectivity index (χ0v) is 15.4. The SMILES string of the molecule is COc1ccc(C2SCC(=O)N2Cc2cc(F)cc(F)c2)c2ccccc12. The fourth-order valence-corrected chi connectivity index (χ4v) is 4.69. The summed E-state index contributed by atoms with van der Waals surface area (Å²) in [7, 11) is 1.63. The molecule has 3 aromatic carbocycles. The summed E-state index contributed by atoms with van der Waals surface area (Å²) in [6.07, 6.45) is 0. The van der Waals surface area contributed by atoms with Crippen molar-refractivity contribution in [2.75, 3.05) is 12.9 Å². The number of ether oxygens (including phenoxy) is 1. The van der Waals surface area contributed by atoms with Crippen LogP contribution >= 0.6 is 11.8 Å². The molecular formula is C21H17F2NO2S. The van der Waals surface area contributed by atoms with Gasteiger partial charge in [0.05, 0.1) is 12.9 Å². The van der Waals surface area contributed by atoms with Crippen molar-refractivity contribution in [3.05, 3.63) is 77.4 Å². The van der Waals surface area contributed by atoms with E-state index in [1.165, 1.54) is 23.9 Å². The van der Waals surface area contributed by atoms with Crippen LogP contribution in [0.1, 0.15) is 16.5 Å². The van der Waals surface area contributed by atoms with Gasteiger partial charge in [-0.25, -0.2) is 8.78 Å². The molecule has 0 bridgehead atoms. The molecule has 1 atom stereocenters. The van der Waals surface area contributed by atoms with Crippen molar-refractivity contribution in [2.45, 2.75) is 11.9 Å². The lowest BCUT2D eigenvalue weighted by Crippen LogP contribution is -2.27. The lowest BCUT2D eigenvalue weighted by molar-refractivity contribution is -0.128. The van der Waals surface area contributed by atoms with E-state index in [2.05, 4.69) is 0 Å². The number of nitrogens with zero attached hydrogens (tertiary/aromatic N) is 1. The number of carbonyl (C=O) groups is 1. The van der Waals surface area contributed by atoms with Crippen molar-refractivity contribution < 1.29 is 18.3 Å². The van der Waals surface area contributed by atoms with Crippen LogP contribution in [-0.4, -0.2) is 23.7 Å². The number of benzene rings is 3. The molecule has 1 saturated heterocycles. The van der Waals surface area contributed by atoms with Crippen LogP contribution in [0, 0.1) is 11.6 Å². The van der Waals surface area contributed by atoms with Crippen LogP contribution in [0.2, 0.25) is 0 Å². The molecule has 1 heterocycles. The van der Waals surface area contributed by atoms with E-state index in [-0.39, 0.29) is 17.8 Å². The van der Waals surface area contributed by atoms with Gasteiger partial charge in [-0.15, -0.1) is 11.8 Å². The summed E-state index contributed by atoms with van der Waals surface area (Å²) < 4.78 is 32.5. The second-order valence-corrected chi connectivity index (χ2v) is 7.43. The molecule has 0 radical (unpaired) electrons. The van der Waals surface area contributed by atoms with E-state index >= 15 is 0 Å². The summed E-state index contributed by atoms with van der Waals surface area (Å²) >= 11 is 1.52. The Labute approximate surface area is 159 Å². The maximum Gasteiger partial charge on any atom is 0.234 e. The minimum Gasteiger partial charge on any atom is -0.496 e. The van der Waals surface area contributed by atoms with Gasteiger partial charge in [-0.2, -0.15) is 0 Å². The molecule has 0 spiro atoms. The normalized spacial score (nSPS) is 16.9. The van der Waals surface area contributed by atoms with Gasteiger partial charge in [-0.3, -0.25) is 4.79 Å². The highest BCUT2D eigenvalue weighted by Gasteiger charge is 2.34. The Kier molecular flexibility index (Phi) is 4.74. The molecule has 6 heteroatoms. The lowest BCUT2D eigenvalue weighted by Gasteiger charge is -2.26. The molecule has 3 aromatic rings. The van der Waals surface area contributed by atoms with Crippen LogP contribution in [0.25, 0.3) is 10.8 Å². The fourth-order valence-electron chi connectivity index (χ4n) is 3.47. The van der Waals surface area contributed by atoms with E-state index in [0.29, 0.717) is 11.3 Å². The summed E-state index contributed by atoms with van der Waals surface area (Å²) in [5, 5.41) is 1.74. The van der Waals surface area contributed by atoms with Gasteiger partial charge >= 0.3 is 0 Å². The van der Waals surface area contributed by atoms with Crippen LogP contribution in [0.4, 0.5) is 8.78 Å². The molecule has 1 unspecified atom stereocenters. The number of carbonyl (C=O) groups excluding carboxylic acids is 1. The van der Waals surface area contributed by atoms with Crippen molar-refractivity contribution in [3.63, 3.8) is 0 Å². The minimum absolute atomic E-state index is 0.0467. The maximum atomic E-state index is 13.5. The Bertz CT molecular complexity index is 1000. The van der Waals surface area contributed by atoms with Gasteiger partial charge in [0.15, 0.2) is 0 Å². The van der Waals surface area contributed by atoms with Crippen LogP contribution < -0.4 is 4.74 Å². The molecule has 1 fully saturated rings. The van der Waals surface area contributed by atoms with E-state index < -0.39 is 11.6 Å². The quantitative estimate of drug-likeness (QED) is 0.640. The van der Waals surface area contributed by atoms with E-state index in [9.17, 15) is 13.6 Å². The Hall–Kier alpha value is -2.60. The van der Waals surface area contributed by atoms with Gasteiger partial charge in [0.25, 0.3) is 0 Å². The monoisotopic (exact) mass is 385 g/mol. The minimum atomic E-state index is -0.643. The molecule has 0 aromatic heterocycles. The molecule has 0 saturated carbocycles. The molecule has 138 valence electrons. The van der Waals surface area contributed by atoms with Crippen LogP contribution in [0.15, 0.2) is 54.6 Å². The molecule has 1 aliphatic rings. The zero-order chi connectivity index (χ0) is 19.0. The third kappa shape index (κ3) is 3.37. The average molecular weight is 385 g/mol. The Morgan fingerprint density at radius 3 is 2.48 bits per heavy atom. The molecule has 1 amide bonds. The number of rotatable bonds is 4. The molecule has 27 heavy (non-hydrogen) atoms. The summed E-state index contributed by atoms with van der Waals surface area (Å²) in [5.74, 6) is -0.230. The van der Waals surface area contributed by atoms with E-state index in [4.69, 9.17) is 4.74 Å². The first-order chi connectivity index (χ1) is 13.1. The largest absolute Gasteiger partial charge is 0.496 e. The van der Waals surface area contributed by atoms with Crippen molar-refractivity contribution in [1.82, 2.24) is 4.90 Å². The Morgan fingerprint density at radius 2 is 1.78 bits per heavy atom. The second kappa shape index (κ2) is 7.19. The number of halogens is 2. The first-order valence-corrected chi connectivity index (χ1v) is 9.53. The highest BCUT2D eigenvalue weighted by atomic mass is 32.2. The summed E-state index contributed by atoms with van der Waals surface area (Å²) in [5.41, 5.74) is 1.42. The molecule has 1 aliphatic heterocycles. The number of amides is 1. The molecule has 4 rings (SSSR count). The molecule has 3 nitrogen and oxygen atoms in total. The standard InChI is InChI=1S/C21H17F2NO2S/c1-26-19-7-6-18(16-4-2-3-5-17(16)19)21-24(20(25)12-27-21)11-13-8-14(22)10-15(23)9-13/h2-10,21H,11-12H2,1H3. The average Bonchev–Trinajstić information content (AvgIpc) is 3.00. The highest BCUT2D eigenvalue weighted by Crippen LogP contribution is 2.43. The van der Waals surface area contributed by atoms with Gasteiger partial charge in [-0.1, -0.05) is 30.3 Å². The molecular weight excluding hydrogens is 368 g/mol. The summed E-state index contributed by atoms with van der Waals surface area (Å²) in [4.78, 5) is 14.2. The second-order valence-electron chi connectivity index (χ2n) is 6.37. The van der Waals surface area contributed by atoms with E-state index in [0.717, 1.165) is 28.2 Å².